The Balaban J connectivity index is 1.78. The van der Waals surface area contributed by atoms with E-state index < -0.39 is 5.91 Å². The number of carbonyl (C=O) groups excluding carboxylic acids is 1. The molecule has 1 N–H and O–H groups in total. The molecule has 0 aliphatic carbocycles. The van der Waals surface area contributed by atoms with Crippen LogP contribution in [0.15, 0.2) is 72.3 Å². The number of hydrogen-bond donors (Lipinski definition) is 1. The fourth-order valence-electron chi connectivity index (χ4n) is 3.14. The van der Waals surface area contributed by atoms with E-state index in [2.05, 4.69) is 5.32 Å². The summed E-state index contributed by atoms with van der Waals surface area (Å²) in [6.07, 6.45) is 1.53. The fourth-order valence-corrected chi connectivity index (χ4v) is 3.14. The molecule has 156 valence electrons. The van der Waals surface area contributed by atoms with Crippen LogP contribution >= 0.6 is 0 Å². The van der Waals surface area contributed by atoms with Crippen LogP contribution in [0.1, 0.15) is 22.3 Å². The van der Waals surface area contributed by atoms with Crippen molar-refractivity contribution in [3.8, 4) is 17.6 Å². The summed E-state index contributed by atoms with van der Waals surface area (Å²) < 4.78 is 11.3. The third kappa shape index (κ3) is 5.52. The second-order valence-electron chi connectivity index (χ2n) is 7.08. The number of carbonyl (C=O) groups is 1. The summed E-state index contributed by atoms with van der Waals surface area (Å²) >= 11 is 0. The van der Waals surface area contributed by atoms with E-state index in [-0.39, 0.29) is 5.57 Å². The van der Waals surface area contributed by atoms with Gasteiger partial charge in [-0.3, -0.25) is 4.79 Å². The van der Waals surface area contributed by atoms with Crippen molar-refractivity contribution in [1.82, 2.24) is 0 Å². The number of amides is 1. The van der Waals surface area contributed by atoms with Crippen LogP contribution in [-0.2, 0) is 11.4 Å². The number of rotatable bonds is 7. The lowest BCUT2D eigenvalue weighted by Crippen LogP contribution is -2.15. The van der Waals surface area contributed by atoms with E-state index in [1.165, 1.54) is 6.08 Å². The summed E-state index contributed by atoms with van der Waals surface area (Å²) in [6.45, 7) is 4.24. The van der Waals surface area contributed by atoms with Crippen molar-refractivity contribution in [2.45, 2.75) is 20.5 Å². The van der Waals surface area contributed by atoms with Gasteiger partial charge in [-0.25, -0.2) is 0 Å². The predicted molar refractivity (Wildman–Crippen MR) is 122 cm³/mol. The standard InChI is InChI=1S/C26H24N2O3/c1-18-8-7-9-19(2)25(18)28-26(29)22(16-27)14-21-12-13-23(24(15-21)30-3)31-17-20-10-5-4-6-11-20/h4-15H,17H2,1-3H3,(H,28,29)/b22-14+. The number of nitrogens with zero attached hydrogens (tertiary/aromatic N) is 1. The molecule has 0 heterocycles. The number of benzene rings is 3. The van der Waals surface area contributed by atoms with Gasteiger partial charge in [0.15, 0.2) is 11.5 Å². The summed E-state index contributed by atoms with van der Waals surface area (Å²) in [5, 5.41) is 12.4. The first-order chi connectivity index (χ1) is 15.0. The number of ether oxygens (including phenoxy) is 2. The average molecular weight is 412 g/mol. The van der Waals surface area contributed by atoms with Gasteiger partial charge >= 0.3 is 0 Å². The van der Waals surface area contributed by atoms with E-state index in [0.717, 1.165) is 22.4 Å². The highest BCUT2D eigenvalue weighted by Gasteiger charge is 2.13. The first kappa shape index (κ1) is 21.7. The minimum atomic E-state index is -0.455. The maximum Gasteiger partial charge on any atom is 0.266 e. The van der Waals surface area contributed by atoms with Gasteiger partial charge in [-0.05, 0) is 54.3 Å². The summed E-state index contributed by atoms with van der Waals surface area (Å²) in [6, 6.07) is 22.9. The number of para-hydroxylation sites is 1. The number of hydrogen-bond acceptors (Lipinski definition) is 4. The zero-order chi connectivity index (χ0) is 22.2. The highest BCUT2D eigenvalue weighted by molar-refractivity contribution is 6.10. The molecule has 0 radical (unpaired) electrons. The van der Waals surface area contributed by atoms with E-state index in [9.17, 15) is 10.1 Å². The lowest BCUT2D eigenvalue weighted by Gasteiger charge is -2.12. The molecule has 3 aromatic rings. The van der Waals surface area contributed by atoms with Gasteiger partial charge < -0.3 is 14.8 Å². The van der Waals surface area contributed by atoms with Gasteiger partial charge in [0.05, 0.1) is 7.11 Å². The molecular formula is C26H24N2O3. The largest absolute Gasteiger partial charge is 0.493 e. The minimum absolute atomic E-state index is 0.00246. The molecule has 0 spiro atoms. The van der Waals surface area contributed by atoms with Crippen molar-refractivity contribution >= 4 is 17.7 Å². The third-order valence-corrected chi connectivity index (χ3v) is 4.82. The SMILES string of the molecule is COc1cc(/C=C(\C#N)C(=O)Nc2c(C)cccc2C)ccc1OCc1ccccc1. The molecule has 3 rings (SSSR count). The van der Waals surface area contributed by atoms with E-state index in [1.807, 2.05) is 68.4 Å². The van der Waals surface area contributed by atoms with E-state index in [1.54, 1.807) is 25.3 Å². The van der Waals surface area contributed by atoms with Crippen molar-refractivity contribution in [2.75, 3.05) is 12.4 Å². The van der Waals surface area contributed by atoms with Crippen molar-refractivity contribution in [3.05, 3.63) is 94.6 Å². The van der Waals surface area contributed by atoms with Gasteiger partial charge in [0.25, 0.3) is 5.91 Å². The summed E-state index contributed by atoms with van der Waals surface area (Å²) in [5.74, 6) is 0.655. The Labute approximate surface area is 182 Å². The summed E-state index contributed by atoms with van der Waals surface area (Å²) in [5.41, 5.74) is 4.30. The number of aryl methyl sites for hydroxylation is 2. The summed E-state index contributed by atoms with van der Waals surface area (Å²) in [4.78, 5) is 12.7. The van der Waals surface area contributed by atoms with Gasteiger partial charge in [0.1, 0.15) is 18.2 Å². The summed E-state index contributed by atoms with van der Waals surface area (Å²) in [7, 11) is 1.55. The lowest BCUT2D eigenvalue weighted by molar-refractivity contribution is -0.112. The smallest absolute Gasteiger partial charge is 0.266 e. The van der Waals surface area contributed by atoms with Crippen LogP contribution in [0.3, 0.4) is 0 Å². The number of methoxy groups -OCH3 is 1. The molecule has 0 fully saturated rings. The molecule has 0 saturated heterocycles. The van der Waals surface area contributed by atoms with Gasteiger partial charge in [-0.15, -0.1) is 0 Å². The quantitative estimate of drug-likeness (QED) is 0.414. The molecule has 0 aliphatic heterocycles. The normalized spacial score (nSPS) is 10.8. The highest BCUT2D eigenvalue weighted by Crippen LogP contribution is 2.30. The van der Waals surface area contributed by atoms with Crippen LogP contribution in [0.2, 0.25) is 0 Å². The Hall–Kier alpha value is -4.04. The first-order valence-corrected chi connectivity index (χ1v) is 9.86. The topological polar surface area (TPSA) is 71.3 Å². The number of nitrogens with one attached hydrogen (secondary N) is 1. The van der Waals surface area contributed by atoms with Crippen molar-refractivity contribution in [2.24, 2.45) is 0 Å². The fraction of sp³-hybridized carbons (Fsp3) is 0.154. The lowest BCUT2D eigenvalue weighted by atomic mass is 10.1. The van der Waals surface area contributed by atoms with Gasteiger partial charge in [0.2, 0.25) is 0 Å². The molecule has 0 atom stereocenters. The van der Waals surface area contributed by atoms with Crippen LogP contribution < -0.4 is 14.8 Å². The van der Waals surface area contributed by atoms with Crippen LogP contribution in [-0.4, -0.2) is 13.0 Å². The molecule has 1 amide bonds. The van der Waals surface area contributed by atoms with Crippen molar-refractivity contribution < 1.29 is 14.3 Å². The number of anilines is 1. The van der Waals surface area contributed by atoms with Crippen LogP contribution in [0.4, 0.5) is 5.69 Å². The second-order valence-corrected chi connectivity index (χ2v) is 7.08. The average Bonchev–Trinajstić information content (AvgIpc) is 2.79. The third-order valence-electron chi connectivity index (χ3n) is 4.82. The van der Waals surface area contributed by atoms with Crippen molar-refractivity contribution in [3.63, 3.8) is 0 Å². The van der Waals surface area contributed by atoms with Gasteiger partial charge in [-0.2, -0.15) is 5.26 Å². The zero-order valence-electron chi connectivity index (χ0n) is 17.8. The monoisotopic (exact) mass is 412 g/mol. The molecule has 5 nitrogen and oxygen atoms in total. The molecule has 0 aliphatic rings. The molecule has 0 saturated carbocycles. The van der Waals surface area contributed by atoms with Crippen molar-refractivity contribution in [1.29, 1.82) is 5.26 Å². The van der Waals surface area contributed by atoms with Gasteiger partial charge in [0, 0.05) is 5.69 Å². The Morgan fingerprint density at radius 3 is 2.35 bits per heavy atom. The van der Waals surface area contributed by atoms with Gasteiger partial charge in [-0.1, -0.05) is 54.6 Å². The Bertz CT molecular complexity index is 1120. The Kier molecular flexibility index (Phi) is 7.08. The van der Waals surface area contributed by atoms with E-state index >= 15 is 0 Å². The molecule has 0 aromatic heterocycles. The molecule has 3 aromatic carbocycles. The minimum Gasteiger partial charge on any atom is -0.493 e. The Morgan fingerprint density at radius 2 is 1.71 bits per heavy atom. The Morgan fingerprint density at radius 1 is 1.00 bits per heavy atom. The molecule has 31 heavy (non-hydrogen) atoms. The molecular weight excluding hydrogens is 388 g/mol. The molecule has 0 unspecified atom stereocenters. The molecule has 0 bridgehead atoms. The van der Waals surface area contributed by atoms with Crippen LogP contribution in [0, 0.1) is 25.2 Å². The second kappa shape index (κ2) is 10.1. The van der Waals surface area contributed by atoms with Crippen LogP contribution in [0.25, 0.3) is 6.08 Å². The highest BCUT2D eigenvalue weighted by atomic mass is 16.5. The number of nitriles is 1. The molecule has 5 heteroatoms. The maximum absolute atomic E-state index is 12.7. The van der Waals surface area contributed by atoms with E-state index in [0.29, 0.717) is 23.7 Å². The predicted octanol–water partition coefficient (Wildman–Crippen LogP) is 5.44. The zero-order valence-corrected chi connectivity index (χ0v) is 17.8. The van der Waals surface area contributed by atoms with Crippen LogP contribution in [0.5, 0.6) is 11.5 Å². The first-order valence-electron chi connectivity index (χ1n) is 9.86. The maximum atomic E-state index is 12.7. The van der Waals surface area contributed by atoms with E-state index in [4.69, 9.17) is 9.47 Å².